The first-order chi connectivity index (χ1) is 13.0. The zero-order chi connectivity index (χ0) is 19.0. The highest BCUT2D eigenvalue weighted by Gasteiger charge is 2.23. The zero-order valence-electron chi connectivity index (χ0n) is 13.7. The number of anilines is 2. The second-order valence-electron chi connectivity index (χ2n) is 5.81. The van der Waals surface area contributed by atoms with Crippen molar-refractivity contribution in [2.24, 2.45) is 0 Å². The van der Waals surface area contributed by atoms with Gasteiger partial charge in [-0.15, -0.1) is 0 Å². The van der Waals surface area contributed by atoms with Crippen LogP contribution < -0.4 is 10.1 Å². The number of halogens is 2. The lowest BCUT2D eigenvalue weighted by atomic mass is 10.2. The Labute approximate surface area is 162 Å². The smallest absolute Gasteiger partial charge is 0.341 e. The molecule has 4 heterocycles. The molecule has 1 unspecified atom stereocenters. The Kier molecular flexibility index (Phi) is 4.73. The van der Waals surface area contributed by atoms with Crippen LogP contribution in [0.15, 0.2) is 18.5 Å². The molecule has 0 bridgehead atoms. The molecule has 140 valence electrons. The molecule has 3 N–H and O–H groups in total. The summed E-state index contributed by atoms with van der Waals surface area (Å²) < 4.78 is 11.0. The summed E-state index contributed by atoms with van der Waals surface area (Å²) in [5.41, 5.74) is 1.06. The SMILES string of the molecule is O=C(O)c1cc2nc(Nc3c(Cl)cncc3Cl)[nH]c2nc1OC1CCOC1. The summed E-state index contributed by atoms with van der Waals surface area (Å²) in [4.78, 5) is 27.0. The number of hydrogen-bond acceptors (Lipinski definition) is 7. The lowest BCUT2D eigenvalue weighted by Crippen LogP contribution is -2.18. The maximum atomic E-state index is 11.6. The molecule has 0 radical (unpaired) electrons. The fourth-order valence-corrected chi connectivity index (χ4v) is 3.10. The van der Waals surface area contributed by atoms with Gasteiger partial charge in [0, 0.05) is 18.8 Å². The fourth-order valence-electron chi connectivity index (χ4n) is 2.64. The first-order valence-corrected chi connectivity index (χ1v) is 8.71. The zero-order valence-corrected chi connectivity index (χ0v) is 15.2. The number of imidazole rings is 1. The summed E-state index contributed by atoms with van der Waals surface area (Å²) in [5, 5.41) is 13.0. The summed E-state index contributed by atoms with van der Waals surface area (Å²) in [6, 6.07) is 1.40. The second-order valence-corrected chi connectivity index (χ2v) is 6.62. The van der Waals surface area contributed by atoms with Crippen molar-refractivity contribution in [3.63, 3.8) is 0 Å². The van der Waals surface area contributed by atoms with Crippen LogP contribution in [0.5, 0.6) is 5.88 Å². The predicted molar refractivity (Wildman–Crippen MR) is 98.2 cm³/mol. The van der Waals surface area contributed by atoms with Gasteiger partial charge in [0.15, 0.2) is 5.65 Å². The van der Waals surface area contributed by atoms with E-state index >= 15 is 0 Å². The van der Waals surface area contributed by atoms with E-state index in [1.807, 2.05) is 0 Å². The lowest BCUT2D eigenvalue weighted by molar-refractivity contribution is 0.0685. The van der Waals surface area contributed by atoms with Crippen molar-refractivity contribution in [2.45, 2.75) is 12.5 Å². The number of H-pyrrole nitrogens is 1. The number of carboxylic acid groups (broad SMARTS) is 1. The molecule has 1 saturated heterocycles. The summed E-state index contributed by atoms with van der Waals surface area (Å²) >= 11 is 12.2. The molecule has 0 saturated carbocycles. The van der Waals surface area contributed by atoms with Gasteiger partial charge in [0.25, 0.3) is 0 Å². The van der Waals surface area contributed by atoms with E-state index in [9.17, 15) is 9.90 Å². The molecule has 11 heteroatoms. The number of carboxylic acids is 1. The fraction of sp³-hybridized carbons (Fsp3) is 0.250. The van der Waals surface area contributed by atoms with Crippen molar-refractivity contribution in [1.29, 1.82) is 0 Å². The summed E-state index contributed by atoms with van der Waals surface area (Å²) in [5.74, 6) is -0.845. The average molecular weight is 410 g/mol. The highest BCUT2D eigenvalue weighted by Crippen LogP contribution is 2.32. The molecule has 1 fully saturated rings. The topological polar surface area (TPSA) is 122 Å². The van der Waals surface area contributed by atoms with Gasteiger partial charge in [-0.3, -0.25) is 4.98 Å². The van der Waals surface area contributed by atoms with E-state index in [0.29, 0.717) is 52.5 Å². The van der Waals surface area contributed by atoms with Crippen LogP contribution in [0.4, 0.5) is 11.6 Å². The van der Waals surface area contributed by atoms with Crippen LogP contribution in [-0.4, -0.2) is 50.3 Å². The number of nitrogens with zero attached hydrogens (tertiary/aromatic N) is 3. The monoisotopic (exact) mass is 409 g/mol. The van der Waals surface area contributed by atoms with Gasteiger partial charge in [-0.25, -0.2) is 9.78 Å². The Morgan fingerprint density at radius 2 is 2.11 bits per heavy atom. The van der Waals surface area contributed by atoms with Gasteiger partial charge in [0.05, 0.1) is 28.9 Å². The maximum Gasteiger partial charge on any atom is 0.341 e. The molecule has 1 aliphatic heterocycles. The first-order valence-electron chi connectivity index (χ1n) is 7.95. The van der Waals surface area contributed by atoms with Crippen LogP contribution >= 0.6 is 23.2 Å². The molecule has 3 aromatic heterocycles. The van der Waals surface area contributed by atoms with Crippen molar-refractivity contribution >= 4 is 52.0 Å². The number of fused-ring (bicyclic) bond motifs is 1. The third-order valence-corrected chi connectivity index (χ3v) is 4.50. The quantitative estimate of drug-likeness (QED) is 0.586. The Bertz CT molecular complexity index is 999. The van der Waals surface area contributed by atoms with Crippen LogP contribution in [0.1, 0.15) is 16.8 Å². The summed E-state index contributed by atoms with van der Waals surface area (Å²) in [6.07, 6.45) is 3.32. The number of carbonyl (C=O) groups is 1. The number of aromatic carboxylic acids is 1. The molecular weight excluding hydrogens is 397 g/mol. The minimum atomic E-state index is -1.16. The number of pyridine rings is 2. The Balaban J connectivity index is 1.70. The molecule has 1 atom stereocenters. The number of aromatic amines is 1. The van der Waals surface area contributed by atoms with Crippen LogP contribution in [0.3, 0.4) is 0 Å². The van der Waals surface area contributed by atoms with E-state index in [0.717, 1.165) is 0 Å². The first kappa shape index (κ1) is 17.8. The van der Waals surface area contributed by atoms with Gasteiger partial charge in [-0.2, -0.15) is 4.98 Å². The standard InChI is InChI=1S/C16H13Cl2N5O4/c17-9-4-19-5-10(18)12(9)21-16-20-11-3-8(15(24)25)14(22-13(11)23-16)27-7-1-2-26-6-7/h3-5,7H,1-2,6H2,(H,24,25)(H2,19,20,21,22,23). The van der Waals surface area contributed by atoms with Gasteiger partial charge in [0.2, 0.25) is 11.8 Å². The molecule has 0 aliphatic carbocycles. The van der Waals surface area contributed by atoms with Gasteiger partial charge < -0.3 is 24.9 Å². The Morgan fingerprint density at radius 1 is 1.33 bits per heavy atom. The molecule has 9 nitrogen and oxygen atoms in total. The number of ether oxygens (including phenoxy) is 2. The van der Waals surface area contributed by atoms with E-state index in [1.54, 1.807) is 0 Å². The Morgan fingerprint density at radius 3 is 2.78 bits per heavy atom. The van der Waals surface area contributed by atoms with E-state index < -0.39 is 5.97 Å². The average Bonchev–Trinajstić information content (AvgIpc) is 3.26. The van der Waals surface area contributed by atoms with Crippen molar-refractivity contribution in [2.75, 3.05) is 18.5 Å². The number of aromatic nitrogens is 4. The van der Waals surface area contributed by atoms with Crippen LogP contribution in [0.25, 0.3) is 11.2 Å². The number of rotatable bonds is 5. The maximum absolute atomic E-state index is 11.6. The minimum absolute atomic E-state index is 0.0145. The molecule has 1 aliphatic rings. The summed E-state index contributed by atoms with van der Waals surface area (Å²) in [6.45, 7) is 0.967. The van der Waals surface area contributed by atoms with Crippen molar-refractivity contribution < 1.29 is 19.4 Å². The predicted octanol–water partition coefficient (Wildman–Crippen LogP) is 3.27. The molecule has 4 rings (SSSR count). The van der Waals surface area contributed by atoms with E-state index in [2.05, 4.69) is 25.3 Å². The normalized spacial score (nSPS) is 16.6. The second kappa shape index (κ2) is 7.18. The Hall–Kier alpha value is -2.62. The van der Waals surface area contributed by atoms with Gasteiger partial charge >= 0.3 is 5.97 Å². The van der Waals surface area contributed by atoms with Crippen molar-refractivity contribution in [3.8, 4) is 5.88 Å². The summed E-state index contributed by atoms with van der Waals surface area (Å²) in [7, 11) is 0. The van der Waals surface area contributed by atoms with Crippen LogP contribution in [0, 0.1) is 0 Å². The largest absolute Gasteiger partial charge is 0.477 e. The third-order valence-electron chi connectivity index (χ3n) is 3.93. The van der Waals surface area contributed by atoms with Gasteiger partial charge in [0.1, 0.15) is 17.2 Å². The van der Waals surface area contributed by atoms with Crippen LogP contribution in [-0.2, 0) is 4.74 Å². The molecule has 0 amide bonds. The van der Waals surface area contributed by atoms with Crippen LogP contribution in [0.2, 0.25) is 10.0 Å². The van der Waals surface area contributed by atoms with E-state index in [1.165, 1.54) is 18.5 Å². The van der Waals surface area contributed by atoms with Crippen molar-refractivity contribution in [3.05, 3.63) is 34.1 Å². The highest BCUT2D eigenvalue weighted by atomic mass is 35.5. The third kappa shape index (κ3) is 3.61. The molecule has 0 aromatic carbocycles. The number of nitrogens with one attached hydrogen (secondary N) is 2. The van der Waals surface area contributed by atoms with E-state index in [4.69, 9.17) is 32.7 Å². The van der Waals surface area contributed by atoms with Gasteiger partial charge in [-0.1, -0.05) is 23.2 Å². The highest BCUT2D eigenvalue weighted by molar-refractivity contribution is 6.39. The van der Waals surface area contributed by atoms with Crippen molar-refractivity contribution in [1.82, 2.24) is 19.9 Å². The molecule has 27 heavy (non-hydrogen) atoms. The molecular formula is C16H13Cl2N5O4. The minimum Gasteiger partial charge on any atom is -0.477 e. The van der Waals surface area contributed by atoms with E-state index in [-0.39, 0.29) is 17.5 Å². The number of hydrogen-bond donors (Lipinski definition) is 3. The lowest BCUT2D eigenvalue weighted by Gasteiger charge is -2.12. The molecule has 3 aromatic rings. The van der Waals surface area contributed by atoms with Gasteiger partial charge in [-0.05, 0) is 6.07 Å². The molecule has 0 spiro atoms.